The summed E-state index contributed by atoms with van der Waals surface area (Å²) in [5.74, 6) is 0.286. The molecule has 0 saturated heterocycles. The maximum atomic E-state index is 11.9. The molecule has 4 heteroatoms. The number of aromatic amines is 1. The van der Waals surface area contributed by atoms with E-state index in [0.29, 0.717) is 0 Å². The summed E-state index contributed by atoms with van der Waals surface area (Å²) in [5, 5.41) is 0. The number of aliphatic imine (C=N–C) groups is 1. The second kappa shape index (κ2) is 7.94. The molecule has 2 aliphatic rings. The number of allylic oxidation sites excluding steroid dienone is 3. The molecular weight excluding hydrogens is 370 g/mol. The van der Waals surface area contributed by atoms with Crippen LogP contribution < -0.4 is 10.5 Å². The SMILES string of the molecule is CC=C1C2C=C(C)CC1(N=CC=Cc1ccc(N(C)C)cc1)c1ccc(=O)[nH]c1C2. The molecule has 0 saturated carbocycles. The van der Waals surface area contributed by atoms with Crippen LogP contribution in [-0.4, -0.2) is 25.3 Å². The third-order valence-corrected chi connectivity index (χ3v) is 6.16. The number of hydrogen-bond donors (Lipinski definition) is 1. The van der Waals surface area contributed by atoms with Crippen molar-refractivity contribution in [1.29, 1.82) is 0 Å². The van der Waals surface area contributed by atoms with Crippen LogP contribution in [-0.2, 0) is 12.0 Å². The van der Waals surface area contributed by atoms with Gasteiger partial charge in [0.25, 0.3) is 0 Å². The molecule has 0 fully saturated rings. The Morgan fingerprint density at radius 1 is 1.17 bits per heavy atom. The highest BCUT2D eigenvalue weighted by Crippen LogP contribution is 2.51. The van der Waals surface area contributed by atoms with Crippen molar-refractivity contribution >= 4 is 18.0 Å². The van der Waals surface area contributed by atoms with Gasteiger partial charge in [0.15, 0.2) is 0 Å². The van der Waals surface area contributed by atoms with Crippen molar-refractivity contribution in [3.63, 3.8) is 0 Å². The molecule has 4 nitrogen and oxygen atoms in total. The summed E-state index contributed by atoms with van der Waals surface area (Å²) in [6.07, 6.45) is 12.2. The van der Waals surface area contributed by atoms with Crippen molar-refractivity contribution in [2.45, 2.75) is 32.2 Å². The number of aromatic nitrogens is 1. The number of anilines is 1. The van der Waals surface area contributed by atoms with Crippen molar-refractivity contribution in [2.75, 3.05) is 19.0 Å². The van der Waals surface area contributed by atoms with E-state index in [1.807, 2.05) is 32.5 Å². The fourth-order valence-corrected chi connectivity index (χ4v) is 4.86. The Balaban J connectivity index is 1.69. The van der Waals surface area contributed by atoms with Crippen molar-refractivity contribution in [3.8, 4) is 0 Å². The summed E-state index contributed by atoms with van der Waals surface area (Å²) >= 11 is 0. The molecule has 1 heterocycles. The quantitative estimate of drug-likeness (QED) is 0.588. The third-order valence-electron chi connectivity index (χ3n) is 6.16. The molecule has 2 aliphatic carbocycles. The van der Waals surface area contributed by atoms with E-state index >= 15 is 0 Å². The van der Waals surface area contributed by atoms with Crippen LogP contribution in [0.25, 0.3) is 6.08 Å². The fraction of sp³-hybridized carbons (Fsp3) is 0.308. The van der Waals surface area contributed by atoms with E-state index in [2.05, 4.69) is 66.2 Å². The van der Waals surface area contributed by atoms with Gasteiger partial charge in [0.05, 0.1) is 0 Å². The number of nitrogens with zero attached hydrogens (tertiary/aromatic N) is 2. The molecule has 1 aromatic heterocycles. The Morgan fingerprint density at radius 2 is 1.93 bits per heavy atom. The second-order valence-electron chi connectivity index (χ2n) is 8.44. The average molecular weight is 400 g/mol. The average Bonchev–Trinajstić information content (AvgIpc) is 2.71. The first-order valence-corrected chi connectivity index (χ1v) is 10.5. The zero-order valence-electron chi connectivity index (χ0n) is 18.1. The molecule has 2 unspecified atom stereocenters. The van der Waals surface area contributed by atoms with Gasteiger partial charge >= 0.3 is 0 Å². The lowest BCUT2D eigenvalue weighted by Gasteiger charge is -2.45. The van der Waals surface area contributed by atoms with E-state index < -0.39 is 5.54 Å². The lowest BCUT2D eigenvalue weighted by molar-refractivity contribution is 0.413. The second-order valence-corrected chi connectivity index (χ2v) is 8.44. The molecular formula is C26H29N3O. The predicted molar refractivity (Wildman–Crippen MR) is 126 cm³/mol. The van der Waals surface area contributed by atoms with Crippen LogP contribution in [0.4, 0.5) is 5.69 Å². The molecule has 2 bridgehead atoms. The summed E-state index contributed by atoms with van der Waals surface area (Å²) < 4.78 is 0. The molecule has 1 N–H and O–H groups in total. The largest absolute Gasteiger partial charge is 0.378 e. The summed E-state index contributed by atoms with van der Waals surface area (Å²) in [4.78, 5) is 22.2. The van der Waals surface area contributed by atoms with Gasteiger partial charge in [0.2, 0.25) is 5.56 Å². The first kappa shape index (κ1) is 20.1. The van der Waals surface area contributed by atoms with Gasteiger partial charge in [-0.2, -0.15) is 0 Å². The minimum absolute atomic E-state index is 0.0448. The van der Waals surface area contributed by atoms with Gasteiger partial charge in [-0.3, -0.25) is 9.79 Å². The predicted octanol–water partition coefficient (Wildman–Crippen LogP) is 4.89. The van der Waals surface area contributed by atoms with E-state index in [0.717, 1.165) is 29.7 Å². The summed E-state index contributed by atoms with van der Waals surface area (Å²) in [6.45, 7) is 4.28. The summed E-state index contributed by atoms with van der Waals surface area (Å²) in [7, 11) is 4.08. The van der Waals surface area contributed by atoms with E-state index in [1.54, 1.807) is 6.07 Å². The molecule has 0 spiro atoms. The van der Waals surface area contributed by atoms with E-state index in [1.165, 1.54) is 16.8 Å². The Kier molecular flexibility index (Phi) is 5.33. The molecule has 0 radical (unpaired) electrons. The number of pyridine rings is 1. The van der Waals surface area contributed by atoms with Gasteiger partial charge in [0.1, 0.15) is 5.54 Å². The van der Waals surface area contributed by atoms with Gasteiger partial charge in [-0.1, -0.05) is 35.9 Å². The lowest BCUT2D eigenvalue weighted by atomic mass is 9.63. The van der Waals surface area contributed by atoms with Crippen LogP contribution in [0.1, 0.15) is 37.1 Å². The zero-order chi connectivity index (χ0) is 21.3. The van der Waals surface area contributed by atoms with Gasteiger partial charge < -0.3 is 9.88 Å². The van der Waals surface area contributed by atoms with Crippen LogP contribution in [0, 0.1) is 5.92 Å². The van der Waals surface area contributed by atoms with Crippen LogP contribution in [0.2, 0.25) is 0 Å². The number of nitrogens with one attached hydrogen (secondary N) is 1. The molecule has 0 aliphatic heterocycles. The number of benzene rings is 1. The van der Waals surface area contributed by atoms with Crippen LogP contribution in [0.5, 0.6) is 0 Å². The normalized spacial score (nSPS) is 24.3. The first-order chi connectivity index (χ1) is 14.4. The minimum Gasteiger partial charge on any atom is -0.378 e. The Bertz CT molecular complexity index is 1120. The van der Waals surface area contributed by atoms with Crippen molar-refractivity contribution in [2.24, 2.45) is 10.9 Å². The molecule has 2 atom stereocenters. The maximum Gasteiger partial charge on any atom is 0.248 e. The maximum absolute atomic E-state index is 11.9. The van der Waals surface area contributed by atoms with Crippen molar-refractivity contribution < 1.29 is 0 Å². The lowest BCUT2D eigenvalue weighted by Crippen LogP contribution is -2.40. The highest BCUT2D eigenvalue weighted by atomic mass is 16.1. The van der Waals surface area contributed by atoms with Gasteiger partial charge in [-0.05, 0) is 55.7 Å². The monoisotopic (exact) mass is 399 g/mol. The Hall–Kier alpha value is -3.14. The highest BCUT2D eigenvalue weighted by molar-refractivity contribution is 5.79. The van der Waals surface area contributed by atoms with E-state index in [-0.39, 0.29) is 11.5 Å². The molecule has 2 aromatic rings. The molecule has 4 rings (SSSR count). The molecule has 30 heavy (non-hydrogen) atoms. The smallest absolute Gasteiger partial charge is 0.248 e. The summed E-state index contributed by atoms with van der Waals surface area (Å²) in [6, 6.07) is 12.0. The van der Waals surface area contributed by atoms with Gasteiger partial charge in [-0.15, -0.1) is 0 Å². The van der Waals surface area contributed by atoms with Gasteiger partial charge in [0, 0.05) is 55.7 Å². The standard InChI is InChI=1S/C26H29N3O/c1-5-22-20-15-18(2)17-26(22,23-12-13-25(30)28-24(23)16-20)27-14-6-7-19-8-10-21(11-9-19)29(3)4/h5-15,20H,16-17H2,1-4H3,(H,28,30). The highest BCUT2D eigenvalue weighted by Gasteiger charge is 2.46. The number of rotatable bonds is 4. The van der Waals surface area contributed by atoms with Crippen LogP contribution in [0.15, 0.2) is 75.6 Å². The number of fused-ring (bicyclic) bond motifs is 4. The third kappa shape index (κ3) is 3.58. The Morgan fingerprint density at radius 3 is 2.63 bits per heavy atom. The number of hydrogen-bond acceptors (Lipinski definition) is 3. The van der Waals surface area contributed by atoms with E-state index in [9.17, 15) is 4.79 Å². The fourth-order valence-electron chi connectivity index (χ4n) is 4.86. The first-order valence-electron chi connectivity index (χ1n) is 10.5. The molecule has 1 aromatic carbocycles. The zero-order valence-corrected chi connectivity index (χ0v) is 18.1. The van der Waals surface area contributed by atoms with Crippen LogP contribution >= 0.6 is 0 Å². The molecule has 0 amide bonds. The van der Waals surface area contributed by atoms with E-state index in [4.69, 9.17) is 4.99 Å². The number of H-pyrrole nitrogens is 1. The summed E-state index contributed by atoms with van der Waals surface area (Å²) in [5.41, 5.74) is 6.66. The Labute approximate surface area is 178 Å². The van der Waals surface area contributed by atoms with Crippen molar-refractivity contribution in [1.82, 2.24) is 4.98 Å². The topological polar surface area (TPSA) is 48.5 Å². The van der Waals surface area contributed by atoms with Gasteiger partial charge in [-0.25, -0.2) is 0 Å². The minimum atomic E-state index is -0.435. The van der Waals surface area contributed by atoms with Crippen molar-refractivity contribution in [3.05, 3.63) is 92.9 Å². The molecule has 154 valence electrons. The van der Waals surface area contributed by atoms with Crippen LogP contribution in [0.3, 0.4) is 0 Å².